The maximum Gasteiger partial charge on any atom is 0.256 e. The second-order valence-corrected chi connectivity index (χ2v) is 11.4. The molecule has 3 aromatic rings. The maximum atomic E-state index is 14.5. The van der Waals surface area contributed by atoms with Crippen molar-refractivity contribution in [2.24, 2.45) is 0 Å². The van der Waals surface area contributed by atoms with Crippen molar-refractivity contribution in [3.8, 4) is 11.5 Å². The van der Waals surface area contributed by atoms with E-state index in [0.717, 1.165) is 22.7 Å². The first-order chi connectivity index (χ1) is 19.2. The molecule has 0 aromatic heterocycles. The van der Waals surface area contributed by atoms with E-state index >= 15 is 0 Å². The molecule has 1 amide bonds. The van der Waals surface area contributed by atoms with Gasteiger partial charge >= 0.3 is 0 Å². The molecule has 212 valence electrons. The lowest BCUT2D eigenvalue weighted by molar-refractivity contribution is 0.0650. The van der Waals surface area contributed by atoms with Crippen LogP contribution in [0.2, 0.25) is 0 Å². The van der Waals surface area contributed by atoms with Crippen LogP contribution in [0.3, 0.4) is 0 Å². The van der Waals surface area contributed by atoms with E-state index < -0.39 is 15.8 Å². The highest BCUT2D eigenvalue weighted by molar-refractivity contribution is 7.92. The molecule has 1 aliphatic heterocycles. The van der Waals surface area contributed by atoms with Gasteiger partial charge in [0.1, 0.15) is 5.82 Å². The summed E-state index contributed by atoms with van der Waals surface area (Å²) in [7, 11) is -1.05. The summed E-state index contributed by atoms with van der Waals surface area (Å²) < 4.78 is 52.4. The van der Waals surface area contributed by atoms with Crippen molar-refractivity contribution in [3.63, 3.8) is 0 Å². The van der Waals surface area contributed by atoms with E-state index in [2.05, 4.69) is 17.1 Å². The minimum Gasteiger partial charge on any atom is -0.493 e. The van der Waals surface area contributed by atoms with Gasteiger partial charge in [-0.25, -0.2) is 12.8 Å². The average molecular weight is 568 g/mol. The van der Waals surface area contributed by atoms with Gasteiger partial charge < -0.3 is 14.4 Å². The highest BCUT2D eigenvalue weighted by Crippen LogP contribution is 2.37. The zero-order chi connectivity index (χ0) is 28.7. The molecule has 0 spiro atoms. The number of halogens is 1. The van der Waals surface area contributed by atoms with Crippen LogP contribution in [0.4, 0.5) is 10.1 Å². The lowest BCUT2D eigenvalue weighted by Gasteiger charge is -2.35. The molecular weight excluding hydrogens is 533 g/mol. The number of piperazine rings is 1. The first-order valence-electron chi connectivity index (χ1n) is 12.9. The zero-order valence-electron chi connectivity index (χ0n) is 22.9. The van der Waals surface area contributed by atoms with E-state index in [4.69, 9.17) is 9.47 Å². The molecule has 1 heterocycles. The van der Waals surface area contributed by atoms with Crippen molar-refractivity contribution < 1.29 is 27.1 Å². The summed E-state index contributed by atoms with van der Waals surface area (Å²) in [6, 6.07) is 18.9. The normalized spacial score (nSPS) is 14.3. The van der Waals surface area contributed by atoms with Crippen molar-refractivity contribution in [3.05, 3.63) is 95.3 Å². The van der Waals surface area contributed by atoms with Crippen LogP contribution in [0, 0.1) is 5.82 Å². The Morgan fingerprint density at radius 1 is 0.950 bits per heavy atom. The molecule has 0 aliphatic carbocycles. The summed E-state index contributed by atoms with van der Waals surface area (Å²) in [6.07, 6.45) is 5.20. The lowest BCUT2D eigenvalue weighted by Crippen LogP contribution is -2.49. The average Bonchev–Trinajstić information content (AvgIpc) is 2.96. The number of carbonyl (C=O) groups excluding carboxylic acids is 1. The van der Waals surface area contributed by atoms with Gasteiger partial charge in [-0.05, 0) is 17.7 Å². The quantitative estimate of drug-likeness (QED) is 0.364. The van der Waals surface area contributed by atoms with Crippen LogP contribution in [0.1, 0.15) is 21.5 Å². The summed E-state index contributed by atoms with van der Waals surface area (Å²) >= 11 is 0. The number of amides is 1. The third-order valence-corrected chi connectivity index (χ3v) is 7.93. The molecule has 3 aromatic carbocycles. The van der Waals surface area contributed by atoms with Crippen LogP contribution < -0.4 is 13.8 Å². The second-order valence-electron chi connectivity index (χ2n) is 9.49. The molecule has 1 saturated heterocycles. The van der Waals surface area contributed by atoms with Gasteiger partial charge in [-0.1, -0.05) is 60.7 Å². The van der Waals surface area contributed by atoms with Crippen LogP contribution in [0.25, 0.3) is 6.08 Å². The SMILES string of the molecule is COc1cc(C(=O)N2CCN(C/C=C/c3ccccc3)CC2)c(N(Cc2ccccc2F)S(C)(=O)=O)cc1OC. The van der Waals surface area contributed by atoms with E-state index in [9.17, 15) is 17.6 Å². The Morgan fingerprint density at radius 2 is 1.57 bits per heavy atom. The number of benzene rings is 3. The fourth-order valence-corrected chi connectivity index (χ4v) is 5.50. The Balaban J connectivity index is 1.59. The minimum atomic E-state index is -3.92. The number of rotatable bonds is 10. The predicted octanol–water partition coefficient (Wildman–Crippen LogP) is 4.28. The summed E-state index contributed by atoms with van der Waals surface area (Å²) in [6.45, 7) is 2.73. The third kappa shape index (κ3) is 7.00. The largest absolute Gasteiger partial charge is 0.493 e. The molecule has 10 heteroatoms. The van der Waals surface area contributed by atoms with Crippen LogP contribution >= 0.6 is 0 Å². The number of sulfonamides is 1. The molecule has 0 saturated carbocycles. The monoisotopic (exact) mass is 567 g/mol. The van der Waals surface area contributed by atoms with Gasteiger partial charge in [0.15, 0.2) is 11.5 Å². The first-order valence-corrected chi connectivity index (χ1v) is 14.8. The van der Waals surface area contributed by atoms with Crippen LogP contribution in [0.5, 0.6) is 11.5 Å². The molecule has 0 unspecified atom stereocenters. The first kappa shape index (κ1) is 29.1. The number of hydrogen-bond donors (Lipinski definition) is 0. The Hall–Kier alpha value is -3.89. The van der Waals surface area contributed by atoms with E-state index in [1.54, 1.807) is 11.0 Å². The number of ether oxygens (including phenoxy) is 2. The van der Waals surface area contributed by atoms with Gasteiger partial charge in [-0.15, -0.1) is 0 Å². The van der Waals surface area contributed by atoms with Crippen LogP contribution in [0.15, 0.2) is 72.8 Å². The molecule has 4 rings (SSSR count). The maximum absolute atomic E-state index is 14.5. The van der Waals surface area contributed by atoms with Crippen LogP contribution in [-0.4, -0.2) is 77.3 Å². The zero-order valence-corrected chi connectivity index (χ0v) is 23.7. The number of nitrogens with zero attached hydrogens (tertiary/aromatic N) is 3. The van der Waals surface area contributed by atoms with Crippen molar-refractivity contribution in [1.29, 1.82) is 0 Å². The Kier molecular flexibility index (Phi) is 9.44. The van der Waals surface area contributed by atoms with Crippen molar-refractivity contribution in [2.45, 2.75) is 6.54 Å². The summed E-state index contributed by atoms with van der Waals surface area (Å²) in [5, 5.41) is 0. The topological polar surface area (TPSA) is 79.4 Å². The van der Waals surface area contributed by atoms with E-state index in [1.807, 2.05) is 30.3 Å². The highest BCUT2D eigenvalue weighted by atomic mass is 32.2. The fraction of sp³-hybridized carbons (Fsp3) is 0.300. The van der Waals surface area contributed by atoms with E-state index in [-0.39, 0.29) is 35.0 Å². The van der Waals surface area contributed by atoms with Gasteiger partial charge in [0.05, 0.1) is 38.3 Å². The Morgan fingerprint density at radius 3 is 2.20 bits per heavy atom. The van der Waals surface area contributed by atoms with Gasteiger partial charge in [0.25, 0.3) is 5.91 Å². The Bertz CT molecular complexity index is 1460. The van der Waals surface area contributed by atoms with Crippen molar-refractivity contribution in [1.82, 2.24) is 9.80 Å². The van der Waals surface area contributed by atoms with Crippen LogP contribution in [-0.2, 0) is 16.6 Å². The van der Waals surface area contributed by atoms with E-state index in [0.29, 0.717) is 31.9 Å². The van der Waals surface area contributed by atoms with Gasteiger partial charge in [0, 0.05) is 44.4 Å². The molecule has 0 bridgehead atoms. The van der Waals surface area contributed by atoms with Crippen molar-refractivity contribution in [2.75, 3.05) is 57.5 Å². The number of carbonyl (C=O) groups is 1. The van der Waals surface area contributed by atoms with Gasteiger partial charge in [-0.3, -0.25) is 14.0 Å². The summed E-state index contributed by atoms with van der Waals surface area (Å²) in [5.74, 6) is -0.329. The van der Waals surface area contributed by atoms with Crippen molar-refractivity contribution >= 4 is 27.7 Å². The number of anilines is 1. The molecule has 1 aliphatic rings. The summed E-state index contributed by atoms with van der Waals surface area (Å²) in [4.78, 5) is 17.8. The molecule has 1 fully saturated rings. The standard InChI is InChI=1S/C30H34FN3O5S/c1-38-28-20-25(30(35)33-18-16-32(17-19-33)15-9-12-23-10-5-4-6-11-23)27(21-29(28)39-2)34(40(3,36)37)22-24-13-7-8-14-26(24)31/h4-14,20-21H,15-19,22H2,1-3H3/b12-9+. The number of hydrogen-bond acceptors (Lipinski definition) is 6. The minimum absolute atomic E-state index is 0.0987. The Labute approximate surface area is 235 Å². The number of methoxy groups -OCH3 is 2. The highest BCUT2D eigenvalue weighted by Gasteiger charge is 2.30. The molecule has 0 atom stereocenters. The molecule has 0 radical (unpaired) electrons. The molecular formula is C30H34FN3O5S. The third-order valence-electron chi connectivity index (χ3n) is 6.81. The van der Waals surface area contributed by atoms with E-state index in [1.165, 1.54) is 44.6 Å². The lowest BCUT2D eigenvalue weighted by atomic mass is 10.1. The second kappa shape index (κ2) is 13.0. The predicted molar refractivity (Wildman–Crippen MR) is 155 cm³/mol. The molecule has 0 N–H and O–H groups in total. The fourth-order valence-electron chi connectivity index (χ4n) is 4.61. The molecule has 8 nitrogen and oxygen atoms in total. The van der Waals surface area contributed by atoms with Gasteiger partial charge in [0.2, 0.25) is 10.0 Å². The smallest absolute Gasteiger partial charge is 0.256 e. The van der Waals surface area contributed by atoms with Gasteiger partial charge in [-0.2, -0.15) is 0 Å². The summed E-state index contributed by atoms with van der Waals surface area (Å²) in [5.41, 5.74) is 1.54. The molecule has 40 heavy (non-hydrogen) atoms.